The van der Waals surface area contributed by atoms with E-state index in [9.17, 15) is 23.3 Å². The minimum Gasteiger partial charge on any atom is -0.377 e. The van der Waals surface area contributed by atoms with Gasteiger partial charge in [0, 0.05) is 22.3 Å². The molecule has 0 aliphatic heterocycles. The number of rotatable bonds is 7. The minimum absolute atomic E-state index is 0.206. The molecular formula is C22H17F3N4O2S2. The molecule has 0 atom stereocenters. The molecular weight excluding hydrogens is 473 g/mol. The molecule has 11 heteroatoms. The summed E-state index contributed by atoms with van der Waals surface area (Å²) in [7, 11) is 0. The Morgan fingerprint density at radius 2 is 1.82 bits per heavy atom. The first kappa shape index (κ1) is 24.3. The topological polar surface area (TPSA) is 93.9 Å². The van der Waals surface area contributed by atoms with Crippen LogP contribution in [0.4, 0.5) is 18.9 Å². The van der Waals surface area contributed by atoms with Gasteiger partial charge in [-0.1, -0.05) is 66.0 Å². The molecule has 6 nitrogen and oxygen atoms in total. The largest absolute Gasteiger partial charge is 0.416 e. The normalized spacial score (nSPS) is 12.3. The smallest absolute Gasteiger partial charge is 0.377 e. The van der Waals surface area contributed by atoms with E-state index in [4.69, 9.17) is 5.73 Å². The maximum absolute atomic E-state index is 12.9. The third-order valence-corrected chi connectivity index (χ3v) is 6.07. The summed E-state index contributed by atoms with van der Waals surface area (Å²) in [6.07, 6.45) is -3.17. The van der Waals surface area contributed by atoms with Crippen LogP contribution in [0.25, 0.3) is 0 Å². The lowest BCUT2D eigenvalue weighted by Gasteiger charge is -2.09. The lowest BCUT2D eigenvalue weighted by Crippen LogP contribution is -2.06. The number of alkyl halides is 3. The zero-order valence-corrected chi connectivity index (χ0v) is 18.5. The maximum atomic E-state index is 12.9. The van der Waals surface area contributed by atoms with E-state index in [1.54, 1.807) is 6.07 Å². The van der Waals surface area contributed by atoms with Crippen LogP contribution in [-0.2, 0) is 11.9 Å². The first-order chi connectivity index (χ1) is 15.7. The van der Waals surface area contributed by atoms with Gasteiger partial charge in [0.05, 0.1) is 21.6 Å². The van der Waals surface area contributed by atoms with Crippen molar-refractivity contribution < 1.29 is 18.1 Å². The number of nitrogens with zero attached hydrogens (tertiary/aromatic N) is 3. The van der Waals surface area contributed by atoms with Crippen LogP contribution < -0.4 is 5.73 Å². The molecule has 2 N–H and O–H groups in total. The standard InChI is InChI=1S/C22H17F3N4O2S2/c23-22(24,25)17-7-4-8-18(12-17)33-20-10-9-16(11-19(20)29(30)31)13-27-28-21(26)32-14-15-5-2-1-3-6-15/h1-13H,14H2,(H2,26,28). The third-order valence-electron chi connectivity index (χ3n) is 4.16. The Bertz CT molecular complexity index is 1190. The number of nitro benzene ring substituents is 1. The molecule has 0 amide bonds. The van der Waals surface area contributed by atoms with Crippen molar-refractivity contribution >= 4 is 40.6 Å². The molecule has 0 saturated carbocycles. The summed E-state index contributed by atoms with van der Waals surface area (Å²) >= 11 is 2.18. The SMILES string of the molecule is NC(=NN=Cc1ccc(Sc2cccc(C(F)(F)F)c2)c([N+](=O)[O-])c1)SCc1ccccc1. The monoisotopic (exact) mass is 490 g/mol. The Balaban J connectivity index is 1.71. The molecule has 33 heavy (non-hydrogen) atoms. The van der Waals surface area contributed by atoms with Gasteiger partial charge in [-0.3, -0.25) is 10.1 Å². The van der Waals surface area contributed by atoms with E-state index >= 15 is 0 Å². The van der Waals surface area contributed by atoms with Gasteiger partial charge in [0.15, 0.2) is 5.17 Å². The van der Waals surface area contributed by atoms with Crippen LogP contribution in [0.3, 0.4) is 0 Å². The van der Waals surface area contributed by atoms with E-state index in [0.29, 0.717) is 11.3 Å². The first-order valence-electron chi connectivity index (χ1n) is 9.39. The van der Waals surface area contributed by atoms with Crippen molar-refractivity contribution in [2.75, 3.05) is 0 Å². The van der Waals surface area contributed by atoms with Crippen LogP contribution in [0.15, 0.2) is 92.8 Å². The molecule has 0 heterocycles. The summed E-state index contributed by atoms with van der Waals surface area (Å²) in [6, 6.07) is 18.6. The summed E-state index contributed by atoms with van der Waals surface area (Å²) in [4.78, 5) is 11.4. The quantitative estimate of drug-likeness (QED) is 0.180. The van der Waals surface area contributed by atoms with E-state index in [2.05, 4.69) is 10.2 Å². The summed E-state index contributed by atoms with van der Waals surface area (Å²) in [5.41, 5.74) is 6.23. The van der Waals surface area contributed by atoms with Gasteiger partial charge in [-0.05, 0) is 29.8 Å². The van der Waals surface area contributed by atoms with Gasteiger partial charge in [0.2, 0.25) is 0 Å². The van der Waals surface area contributed by atoms with Crippen LogP contribution in [0.5, 0.6) is 0 Å². The maximum Gasteiger partial charge on any atom is 0.416 e. The summed E-state index contributed by atoms with van der Waals surface area (Å²) in [5.74, 6) is 0.624. The van der Waals surface area contributed by atoms with Crippen LogP contribution >= 0.6 is 23.5 Å². The van der Waals surface area contributed by atoms with Crippen LogP contribution in [0.2, 0.25) is 0 Å². The molecule has 3 rings (SSSR count). The zero-order chi connectivity index (χ0) is 23.8. The second-order valence-electron chi connectivity index (χ2n) is 6.57. The minimum atomic E-state index is -4.50. The summed E-state index contributed by atoms with van der Waals surface area (Å²) in [6.45, 7) is 0. The summed E-state index contributed by atoms with van der Waals surface area (Å²) < 4.78 is 38.8. The molecule has 0 aliphatic carbocycles. The Morgan fingerprint density at radius 3 is 2.52 bits per heavy atom. The number of halogens is 3. The molecule has 0 spiro atoms. The number of hydrogen-bond donors (Lipinski definition) is 1. The Labute approximate surface area is 196 Å². The van der Waals surface area contributed by atoms with Gasteiger partial charge in [0.25, 0.3) is 5.69 Å². The molecule has 0 saturated heterocycles. The third kappa shape index (κ3) is 7.36. The van der Waals surface area contributed by atoms with Crippen LogP contribution in [0.1, 0.15) is 16.7 Å². The van der Waals surface area contributed by atoms with Crippen molar-refractivity contribution in [2.24, 2.45) is 15.9 Å². The van der Waals surface area contributed by atoms with Crippen LogP contribution in [0, 0.1) is 10.1 Å². The highest BCUT2D eigenvalue weighted by Crippen LogP contribution is 2.38. The number of nitrogens with two attached hydrogens (primary N) is 1. The lowest BCUT2D eigenvalue weighted by atomic mass is 10.2. The molecule has 0 bridgehead atoms. The lowest BCUT2D eigenvalue weighted by molar-refractivity contribution is -0.387. The molecule has 3 aromatic carbocycles. The molecule has 0 aliphatic rings. The van der Waals surface area contributed by atoms with Gasteiger partial charge >= 0.3 is 6.18 Å². The first-order valence-corrected chi connectivity index (χ1v) is 11.2. The van der Waals surface area contributed by atoms with Gasteiger partial charge in [0.1, 0.15) is 0 Å². The Kier molecular flexibility index (Phi) is 8.12. The van der Waals surface area contributed by atoms with Crippen LogP contribution in [-0.4, -0.2) is 16.3 Å². The number of thioether (sulfide) groups is 1. The van der Waals surface area contributed by atoms with E-state index in [-0.39, 0.29) is 20.6 Å². The predicted molar refractivity (Wildman–Crippen MR) is 126 cm³/mol. The van der Waals surface area contributed by atoms with E-state index in [1.165, 1.54) is 42.2 Å². The Morgan fingerprint density at radius 1 is 1.06 bits per heavy atom. The molecule has 0 radical (unpaired) electrons. The van der Waals surface area contributed by atoms with Gasteiger partial charge in [-0.25, -0.2) is 0 Å². The van der Waals surface area contributed by atoms with E-state index in [1.807, 2.05) is 30.3 Å². The fourth-order valence-corrected chi connectivity index (χ4v) is 4.19. The molecule has 0 fully saturated rings. The highest BCUT2D eigenvalue weighted by molar-refractivity contribution is 8.13. The van der Waals surface area contributed by atoms with E-state index in [0.717, 1.165) is 29.5 Å². The van der Waals surface area contributed by atoms with E-state index < -0.39 is 16.7 Å². The second kappa shape index (κ2) is 11.0. The molecule has 0 aromatic heterocycles. The van der Waals surface area contributed by atoms with Crippen molar-refractivity contribution in [1.82, 2.24) is 0 Å². The number of hydrogen-bond acceptors (Lipinski definition) is 6. The van der Waals surface area contributed by atoms with Gasteiger partial charge < -0.3 is 5.73 Å². The number of benzene rings is 3. The van der Waals surface area contributed by atoms with Crippen molar-refractivity contribution in [2.45, 2.75) is 21.7 Å². The summed E-state index contributed by atoms with van der Waals surface area (Å²) in [5, 5.41) is 19.5. The molecule has 3 aromatic rings. The van der Waals surface area contributed by atoms with Crippen molar-refractivity contribution in [1.29, 1.82) is 0 Å². The molecule has 170 valence electrons. The predicted octanol–water partition coefficient (Wildman–Crippen LogP) is 6.35. The highest BCUT2D eigenvalue weighted by Gasteiger charge is 2.30. The highest BCUT2D eigenvalue weighted by atomic mass is 32.2. The fourth-order valence-electron chi connectivity index (χ4n) is 2.62. The average molecular weight is 491 g/mol. The van der Waals surface area contributed by atoms with Gasteiger partial charge in [-0.2, -0.15) is 18.3 Å². The number of nitro groups is 1. The molecule has 0 unspecified atom stereocenters. The second-order valence-corrected chi connectivity index (χ2v) is 8.68. The van der Waals surface area contributed by atoms with Gasteiger partial charge in [-0.15, -0.1) is 5.10 Å². The fraction of sp³-hybridized carbons (Fsp3) is 0.0909. The zero-order valence-electron chi connectivity index (χ0n) is 16.9. The van der Waals surface area contributed by atoms with Crippen molar-refractivity contribution in [3.63, 3.8) is 0 Å². The number of amidine groups is 1. The Hall–Kier alpha value is -3.31. The van der Waals surface area contributed by atoms with Crippen molar-refractivity contribution in [3.8, 4) is 0 Å². The average Bonchev–Trinajstić information content (AvgIpc) is 2.79. The van der Waals surface area contributed by atoms with Crippen molar-refractivity contribution in [3.05, 3.63) is 99.6 Å².